The minimum atomic E-state index is -5.06. The fourth-order valence-corrected chi connectivity index (χ4v) is 6.81. The van der Waals surface area contributed by atoms with Crippen LogP contribution in [0.1, 0.15) is 47.6 Å². The number of benzene rings is 2. The first-order valence-corrected chi connectivity index (χ1v) is 15.1. The number of nitrogens with zero attached hydrogens (tertiary/aromatic N) is 2. The first-order chi connectivity index (χ1) is 19.7. The van der Waals surface area contributed by atoms with Gasteiger partial charge in [0, 0.05) is 30.2 Å². The van der Waals surface area contributed by atoms with E-state index in [0.29, 0.717) is 40.9 Å². The maximum Gasteiger partial charge on any atom is 0.471 e. The van der Waals surface area contributed by atoms with Crippen molar-refractivity contribution in [2.24, 2.45) is 0 Å². The van der Waals surface area contributed by atoms with Gasteiger partial charge in [-0.15, -0.1) is 11.3 Å². The van der Waals surface area contributed by atoms with E-state index >= 15 is 0 Å². The number of alkyl halides is 6. The third-order valence-corrected chi connectivity index (χ3v) is 9.15. The summed E-state index contributed by atoms with van der Waals surface area (Å²) in [6.45, 7) is -0.736. The van der Waals surface area contributed by atoms with E-state index in [0.717, 1.165) is 23.5 Å². The van der Waals surface area contributed by atoms with E-state index in [1.165, 1.54) is 30.5 Å². The second kappa shape index (κ2) is 11.2. The number of hydrogen-bond acceptors (Lipinski definition) is 6. The first kappa shape index (κ1) is 29.9. The Bertz CT molecular complexity index is 1620. The molecule has 2 aromatic carbocycles. The van der Waals surface area contributed by atoms with E-state index in [2.05, 4.69) is 9.71 Å². The number of nitrogens with one attached hydrogen (secondary N) is 1. The smallest absolute Gasteiger partial charge is 0.471 e. The van der Waals surface area contributed by atoms with Crippen molar-refractivity contribution in [3.63, 3.8) is 0 Å². The van der Waals surface area contributed by atoms with Crippen molar-refractivity contribution in [2.75, 3.05) is 17.8 Å². The Morgan fingerprint density at radius 2 is 1.86 bits per heavy atom. The van der Waals surface area contributed by atoms with Crippen LogP contribution in [-0.4, -0.2) is 43.5 Å². The Morgan fingerprint density at radius 3 is 2.50 bits per heavy atom. The van der Waals surface area contributed by atoms with E-state index in [9.17, 15) is 39.6 Å². The van der Waals surface area contributed by atoms with Gasteiger partial charge in [0.25, 0.3) is 10.0 Å². The van der Waals surface area contributed by atoms with Gasteiger partial charge in [-0.2, -0.15) is 26.3 Å². The Balaban J connectivity index is 1.43. The van der Waals surface area contributed by atoms with Gasteiger partial charge in [-0.3, -0.25) is 9.52 Å². The molecule has 2 aliphatic rings. The van der Waals surface area contributed by atoms with Crippen LogP contribution in [0.2, 0.25) is 0 Å². The molecule has 0 unspecified atom stereocenters. The molecule has 0 saturated heterocycles. The third kappa shape index (κ3) is 6.41. The average Bonchev–Trinajstić information content (AvgIpc) is 3.44. The van der Waals surface area contributed by atoms with E-state index in [4.69, 9.17) is 4.74 Å². The van der Waals surface area contributed by atoms with Crippen LogP contribution < -0.4 is 9.46 Å². The zero-order chi connectivity index (χ0) is 30.3. The summed E-state index contributed by atoms with van der Waals surface area (Å²) in [5.41, 5.74) is 0.835. The number of hydrogen-bond donors (Lipinski definition) is 1. The van der Waals surface area contributed by atoms with Crippen molar-refractivity contribution < 1.29 is 44.3 Å². The molecule has 1 aromatic heterocycles. The number of ether oxygens (including phenoxy) is 1. The van der Waals surface area contributed by atoms with Crippen LogP contribution in [0.4, 0.5) is 31.5 Å². The molecular formula is C27H23F6N3O4S2. The molecule has 42 heavy (non-hydrogen) atoms. The maximum atomic E-state index is 13.6. The summed E-state index contributed by atoms with van der Waals surface area (Å²) in [5.74, 6) is -1.91. The van der Waals surface area contributed by atoms with Gasteiger partial charge in [-0.1, -0.05) is 12.1 Å². The van der Waals surface area contributed by atoms with Crippen molar-refractivity contribution in [3.05, 3.63) is 76.3 Å². The normalized spacial score (nSPS) is 17.8. The summed E-state index contributed by atoms with van der Waals surface area (Å²) in [7, 11) is -3.91. The summed E-state index contributed by atoms with van der Waals surface area (Å²) >= 11 is 1.13. The van der Waals surface area contributed by atoms with Gasteiger partial charge in [-0.05, 0) is 72.7 Å². The molecule has 1 aliphatic carbocycles. The van der Waals surface area contributed by atoms with Gasteiger partial charge in [-0.25, -0.2) is 13.4 Å². The summed E-state index contributed by atoms with van der Waals surface area (Å²) < 4.78 is 114. The number of sulfonamides is 1. The van der Waals surface area contributed by atoms with Crippen LogP contribution in [0, 0.1) is 0 Å². The van der Waals surface area contributed by atoms with Crippen molar-refractivity contribution in [2.45, 2.75) is 49.0 Å². The number of aromatic nitrogens is 1. The summed E-state index contributed by atoms with van der Waals surface area (Å²) in [6, 6.07) is 7.50. The number of anilines is 1. The number of halogens is 6. The Morgan fingerprint density at radius 1 is 1.07 bits per heavy atom. The molecule has 1 aliphatic heterocycles. The molecule has 224 valence electrons. The van der Waals surface area contributed by atoms with Gasteiger partial charge in [0.15, 0.2) is 5.13 Å². The highest BCUT2D eigenvalue weighted by atomic mass is 32.2. The van der Waals surface area contributed by atoms with Crippen LogP contribution in [0.5, 0.6) is 5.75 Å². The van der Waals surface area contributed by atoms with Crippen LogP contribution in [-0.2, 0) is 27.4 Å². The molecule has 3 aromatic rings. The predicted octanol–water partition coefficient (Wildman–Crippen LogP) is 6.60. The number of rotatable bonds is 6. The van der Waals surface area contributed by atoms with E-state index in [-0.39, 0.29) is 34.3 Å². The Labute approximate surface area is 240 Å². The second-order valence-electron chi connectivity index (χ2n) is 9.74. The molecule has 0 saturated carbocycles. The van der Waals surface area contributed by atoms with Gasteiger partial charge < -0.3 is 9.64 Å². The highest BCUT2D eigenvalue weighted by Gasteiger charge is 2.43. The van der Waals surface area contributed by atoms with Gasteiger partial charge in [0.1, 0.15) is 11.9 Å². The van der Waals surface area contributed by atoms with Crippen LogP contribution >= 0.6 is 11.3 Å². The minimum Gasteiger partial charge on any atom is -0.485 e. The van der Waals surface area contributed by atoms with Gasteiger partial charge >= 0.3 is 18.3 Å². The SMILES string of the molecule is O=C(N1CC=C(c2cc(C(F)(F)F)ccc2O[C@@H]2CCCc3cc(S(=O)(=O)Nc4nccs4)ccc32)CC1)C(F)(F)F. The lowest BCUT2D eigenvalue weighted by molar-refractivity contribution is -0.185. The summed E-state index contributed by atoms with van der Waals surface area (Å²) in [6.07, 6.45) is -5.99. The standard InChI is InChI=1S/C27H23F6N3O4S2/c28-26(29,30)18-4-7-23(21(15-18)16-8-11-36(12-9-16)24(37)27(31,32)33)40-22-3-1-2-17-14-19(5-6-20(17)22)42(38,39)35-25-34-10-13-41-25/h4-8,10,13-15,22H,1-3,9,11-12H2,(H,34,35)/t22-/m1/s1. The van der Waals surface area contributed by atoms with Crippen molar-refractivity contribution in [1.29, 1.82) is 0 Å². The van der Waals surface area contributed by atoms with Gasteiger partial charge in [0.05, 0.1) is 10.5 Å². The summed E-state index contributed by atoms with van der Waals surface area (Å²) in [4.78, 5) is 16.2. The highest BCUT2D eigenvalue weighted by molar-refractivity contribution is 7.93. The molecule has 7 nitrogen and oxygen atoms in total. The molecule has 5 rings (SSSR count). The monoisotopic (exact) mass is 631 g/mol. The Kier molecular flexibility index (Phi) is 8.00. The van der Waals surface area contributed by atoms with Crippen molar-refractivity contribution >= 4 is 38.0 Å². The molecule has 0 radical (unpaired) electrons. The molecule has 1 atom stereocenters. The first-order valence-electron chi connectivity index (χ1n) is 12.7. The number of thiazole rings is 1. The fraction of sp³-hybridized carbons (Fsp3) is 0.333. The van der Waals surface area contributed by atoms with Crippen molar-refractivity contribution in [3.8, 4) is 5.75 Å². The molecule has 2 heterocycles. The van der Waals surface area contributed by atoms with Gasteiger partial charge in [0.2, 0.25) is 0 Å². The number of fused-ring (bicyclic) bond motifs is 1. The molecule has 0 bridgehead atoms. The van der Waals surface area contributed by atoms with E-state index < -0.39 is 46.5 Å². The summed E-state index contributed by atoms with van der Waals surface area (Å²) in [5, 5.41) is 1.84. The number of carbonyl (C=O) groups is 1. The third-order valence-electron chi connectivity index (χ3n) is 7.00. The molecule has 1 amide bonds. The average molecular weight is 632 g/mol. The van der Waals surface area contributed by atoms with E-state index in [1.807, 2.05) is 0 Å². The number of carbonyl (C=O) groups excluding carboxylic acids is 1. The second-order valence-corrected chi connectivity index (χ2v) is 12.3. The van der Waals surface area contributed by atoms with Crippen LogP contribution in [0.25, 0.3) is 5.57 Å². The lowest BCUT2D eigenvalue weighted by Crippen LogP contribution is -2.43. The minimum absolute atomic E-state index is 0.0256. The zero-order valence-electron chi connectivity index (χ0n) is 21.6. The van der Waals surface area contributed by atoms with Crippen molar-refractivity contribution in [1.82, 2.24) is 9.88 Å². The lowest BCUT2D eigenvalue weighted by atomic mass is 9.89. The molecule has 0 spiro atoms. The van der Waals surface area contributed by atoms with Crippen LogP contribution in [0.3, 0.4) is 0 Å². The Hall–Kier alpha value is -3.59. The quantitative estimate of drug-likeness (QED) is 0.310. The van der Waals surface area contributed by atoms with E-state index in [1.54, 1.807) is 11.4 Å². The zero-order valence-corrected chi connectivity index (χ0v) is 23.3. The predicted molar refractivity (Wildman–Crippen MR) is 142 cm³/mol. The largest absolute Gasteiger partial charge is 0.485 e. The maximum absolute atomic E-state index is 13.6. The molecule has 1 N–H and O–H groups in total. The molecule has 15 heteroatoms. The molecule has 0 fully saturated rings. The molecular weight excluding hydrogens is 608 g/mol. The van der Waals surface area contributed by atoms with Crippen LogP contribution in [0.15, 0.2) is 58.9 Å². The number of aryl methyl sites for hydroxylation is 1. The topological polar surface area (TPSA) is 88.6 Å². The highest BCUT2D eigenvalue weighted by Crippen LogP contribution is 2.41. The lowest BCUT2D eigenvalue weighted by Gasteiger charge is -2.30. The fourth-order valence-electron chi connectivity index (χ4n) is 4.97. The number of amides is 1.